The molecule has 3 rings (SSSR count). The number of benzene rings is 1. The minimum atomic E-state index is -0.405. The molecule has 0 amide bonds. The van der Waals surface area contributed by atoms with Crippen LogP contribution in [0.25, 0.3) is 6.08 Å². The third-order valence-corrected chi connectivity index (χ3v) is 4.72. The molecule has 0 saturated heterocycles. The fourth-order valence-electron chi connectivity index (χ4n) is 2.41. The Hall–Kier alpha value is -1.62. The van der Waals surface area contributed by atoms with E-state index in [4.69, 9.17) is 0 Å². The lowest BCUT2D eigenvalue weighted by molar-refractivity contribution is -0.384. The number of nitro groups is 1. The van der Waals surface area contributed by atoms with Gasteiger partial charge in [-0.15, -0.1) is 11.8 Å². The van der Waals surface area contributed by atoms with Crippen molar-refractivity contribution in [3.8, 4) is 0 Å². The number of carbonyl (C=O) groups excluding carboxylic acids is 1. The number of nitrogens with zero attached hydrogens (tertiary/aromatic N) is 1. The Morgan fingerprint density at radius 1 is 1.39 bits per heavy atom. The number of ketones is 1. The van der Waals surface area contributed by atoms with Crippen LogP contribution in [0.4, 0.5) is 5.69 Å². The van der Waals surface area contributed by atoms with Gasteiger partial charge < -0.3 is 0 Å². The second-order valence-electron chi connectivity index (χ2n) is 4.50. The van der Waals surface area contributed by atoms with Gasteiger partial charge >= 0.3 is 0 Å². The average Bonchev–Trinajstić information content (AvgIpc) is 2.36. The van der Waals surface area contributed by atoms with E-state index in [1.165, 1.54) is 6.07 Å². The first-order valence-electron chi connectivity index (χ1n) is 5.85. The standard InChI is InChI=1S/C13H11NO3S/c15-11-2-1-3-13-10(11)7-8-6-9(14(16)17)4-5-12(8)18-13/h4-7,13H,1-3H2. The van der Waals surface area contributed by atoms with Gasteiger partial charge in [-0.05, 0) is 30.5 Å². The van der Waals surface area contributed by atoms with Crippen LogP contribution >= 0.6 is 11.8 Å². The molecule has 2 aliphatic rings. The van der Waals surface area contributed by atoms with Gasteiger partial charge in [0, 0.05) is 34.3 Å². The summed E-state index contributed by atoms with van der Waals surface area (Å²) in [5, 5.41) is 11.0. The second kappa shape index (κ2) is 4.24. The number of non-ortho nitro benzene ring substituents is 1. The van der Waals surface area contributed by atoms with Gasteiger partial charge in [-0.1, -0.05) is 0 Å². The Morgan fingerprint density at radius 2 is 2.22 bits per heavy atom. The number of thioether (sulfide) groups is 1. The van der Waals surface area contributed by atoms with Crippen molar-refractivity contribution in [2.24, 2.45) is 0 Å². The molecule has 0 aromatic heterocycles. The summed E-state index contributed by atoms with van der Waals surface area (Å²) in [6.45, 7) is 0. The van der Waals surface area contributed by atoms with E-state index in [9.17, 15) is 14.9 Å². The van der Waals surface area contributed by atoms with Crippen LogP contribution < -0.4 is 0 Å². The van der Waals surface area contributed by atoms with E-state index in [-0.39, 0.29) is 16.7 Å². The third kappa shape index (κ3) is 1.84. The van der Waals surface area contributed by atoms with Crippen molar-refractivity contribution in [2.45, 2.75) is 29.4 Å². The maximum atomic E-state index is 11.8. The third-order valence-electron chi connectivity index (χ3n) is 3.32. The molecule has 0 bridgehead atoms. The number of hydrogen-bond acceptors (Lipinski definition) is 4. The Kier molecular flexibility index (Phi) is 2.70. The van der Waals surface area contributed by atoms with Gasteiger partial charge in [0.2, 0.25) is 0 Å². The van der Waals surface area contributed by atoms with E-state index < -0.39 is 4.92 Å². The van der Waals surface area contributed by atoms with Crippen LogP contribution in [-0.2, 0) is 4.79 Å². The number of Topliss-reactive ketones (excluding diaryl/α,β-unsaturated/α-hetero) is 1. The monoisotopic (exact) mass is 261 g/mol. The van der Waals surface area contributed by atoms with Crippen LogP contribution in [0, 0.1) is 10.1 Å². The largest absolute Gasteiger partial charge is 0.295 e. The van der Waals surface area contributed by atoms with Crippen molar-refractivity contribution in [3.05, 3.63) is 39.4 Å². The smallest absolute Gasteiger partial charge is 0.270 e. The first kappa shape index (κ1) is 11.5. The average molecular weight is 261 g/mol. The fraction of sp³-hybridized carbons (Fsp3) is 0.308. The molecule has 5 heteroatoms. The summed E-state index contributed by atoms with van der Waals surface area (Å²) in [5.74, 6) is 0.191. The zero-order valence-corrected chi connectivity index (χ0v) is 10.4. The van der Waals surface area contributed by atoms with E-state index in [0.717, 1.165) is 28.9 Å². The zero-order valence-electron chi connectivity index (χ0n) is 9.59. The lowest BCUT2D eigenvalue weighted by Crippen LogP contribution is -2.23. The molecule has 1 saturated carbocycles. The highest BCUT2D eigenvalue weighted by molar-refractivity contribution is 8.00. The Morgan fingerprint density at radius 3 is 3.00 bits per heavy atom. The van der Waals surface area contributed by atoms with E-state index in [1.807, 2.05) is 6.08 Å². The molecule has 0 spiro atoms. The summed E-state index contributed by atoms with van der Waals surface area (Å²) in [4.78, 5) is 23.2. The Bertz CT molecular complexity index is 580. The van der Waals surface area contributed by atoms with Gasteiger partial charge in [0.15, 0.2) is 5.78 Å². The first-order chi connectivity index (χ1) is 8.65. The maximum Gasteiger partial charge on any atom is 0.270 e. The van der Waals surface area contributed by atoms with Crippen LogP contribution in [-0.4, -0.2) is 16.0 Å². The van der Waals surface area contributed by atoms with Crippen molar-refractivity contribution >= 4 is 29.3 Å². The van der Waals surface area contributed by atoms with Crippen LogP contribution in [0.5, 0.6) is 0 Å². The molecule has 1 aliphatic heterocycles. The zero-order chi connectivity index (χ0) is 12.7. The van der Waals surface area contributed by atoms with Crippen LogP contribution in [0.1, 0.15) is 24.8 Å². The van der Waals surface area contributed by atoms with Gasteiger partial charge in [-0.25, -0.2) is 0 Å². The molecule has 1 fully saturated rings. The van der Waals surface area contributed by atoms with Gasteiger partial charge in [0.25, 0.3) is 5.69 Å². The maximum absolute atomic E-state index is 11.8. The molecule has 1 heterocycles. The van der Waals surface area contributed by atoms with E-state index in [1.54, 1.807) is 23.9 Å². The summed E-state index contributed by atoms with van der Waals surface area (Å²) in [7, 11) is 0. The number of rotatable bonds is 1. The summed E-state index contributed by atoms with van der Waals surface area (Å²) in [5.41, 5.74) is 1.71. The number of nitro benzene ring substituents is 1. The Labute approximate surface area is 108 Å². The van der Waals surface area contributed by atoms with E-state index in [2.05, 4.69) is 0 Å². The quantitative estimate of drug-likeness (QED) is 0.575. The molecule has 0 radical (unpaired) electrons. The molecular formula is C13H11NO3S. The summed E-state index contributed by atoms with van der Waals surface area (Å²) < 4.78 is 0. The highest BCUT2D eigenvalue weighted by Gasteiger charge is 2.30. The number of hydrogen-bond donors (Lipinski definition) is 0. The normalized spacial score (nSPS) is 21.9. The van der Waals surface area contributed by atoms with Gasteiger partial charge in [0.1, 0.15) is 0 Å². The van der Waals surface area contributed by atoms with Crippen molar-refractivity contribution in [2.75, 3.05) is 0 Å². The summed E-state index contributed by atoms with van der Waals surface area (Å²) in [6.07, 6.45) is 4.40. The SMILES string of the molecule is O=C1CCCC2Sc3ccc([N+](=O)[O-])cc3C=C12. The lowest BCUT2D eigenvalue weighted by atomic mass is 9.91. The van der Waals surface area contributed by atoms with Crippen molar-refractivity contribution in [1.82, 2.24) is 0 Å². The predicted molar refractivity (Wildman–Crippen MR) is 69.6 cm³/mol. The highest BCUT2D eigenvalue weighted by atomic mass is 32.2. The second-order valence-corrected chi connectivity index (χ2v) is 5.75. The van der Waals surface area contributed by atoms with Gasteiger partial charge in [-0.3, -0.25) is 14.9 Å². The van der Waals surface area contributed by atoms with Crippen LogP contribution in [0.3, 0.4) is 0 Å². The Balaban J connectivity index is 2.06. The van der Waals surface area contributed by atoms with Gasteiger partial charge in [0.05, 0.1) is 4.92 Å². The minimum Gasteiger partial charge on any atom is -0.295 e. The van der Waals surface area contributed by atoms with Crippen LogP contribution in [0.15, 0.2) is 28.7 Å². The first-order valence-corrected chi connectivity index (χ1v) is 6.73. The molecule has 18 heavy (non-hydrogen) atoms. The topological polar surface area (TPSA) is 60.2 Å². The summed E-state index contributed by atoms with van der Waals surface area (Å²) in [6, 6.07) is 4.85. The van der Waals surface area contributed by atoms with E-state index >= 15 is 0 Å². The fourth-order valence-corrected chi connectivity index (χ4v) is 3.73. The predicted octanol–water partition coefficient (Wildman–Crippen LogP) is 3.21. The molecule has 1 atom stereocenters. The minimum absolute atomic E-state index is 0.0768. The highest BCUT2D eigenvalue weighted by Crippen LogP contribution is 2.43. The molecule has 1 aromatic carbocycles. The van der Waals surface area contributed by atoms with Crippen molar-refractivity contribution in [1.29, 1.82) is 0 Å². The number of fused-ring (bicyclic) bond motifs is 2. The van der Waals surface area contributed by atoms with Crippen LogP contribution in [0.2, 0.25) is 0 Å². The molecule has 0 N–H and O–H groups in total. The molecule has 4 nitrogen and oxygen atoms in total. The van der Waals surface area contributed by atoms with Crippen molar-refractivity contribution in [3.63, 3.8) is 0 Å². The molecular weight excluding hydrogens is 250 g/mol. The van der Waals surface area contributed by atoms with Gasteiger partial charge in [-0.2, -0.15) is 0 Å². The van der Waals surface area contributed by atoms with E-state index in [0.29, 0.717) is 6.42 Å². The number of carbonyl (C=O) groups is 1. The molecule has 1 aromatic rings. The molecule has 1 aliphatic carbocycles. The molecule has 1 unspecified atom stereocenters. The molecule has 92 valence electrons. The van der Waals surface area contributed by atoms with Crippen molar-refractivity contribution < 1.29 is 9.72 Å². The lowest BCUT2D eigenvalue weighted by Gasteiger charge is -2.28. The summed E-state index contributed by atoms with van der Waals surface area (Å²) >= 11 is 1.65.